The molecule has 21 heavy (non-hydrogen) atoms. The Morgan fingerprint density at radius 1 is 1.48 bits per heavy atom. The lowest BCUT2D eigenvalue weighted by molar-refractivity contribution is 0.0696. The van der Waals surface area contributed by atoms with Gasteiger partial charge < -0.3 is 5.11 Å². The van der Waals surface area contributed by atoms with Gasteiger partial charge in [-0.25, -0.2) is 17.9 Å². The van der Waals surface area contributed by atoms with Crippen molar-refractivity contribution in [2.24, 2.45) is 5.92 Å². The predicted octanol–water partition coefficient (Wildman–Crippen LogP) is 3.27. The Kier molecular flexibility index (Phi) is 4.97. The lowest BCUT2D eigenvalue weighted by Crippen LogP contribution is -2.40. The molecule has 0 amide bonds. The Balaban J connectivity index is 2.33. The van der Waals surface area contributed by atoms with E-state index in [1.54, 1.807) is 0 Å². The minimum atomic E-state index is -3.78. The van der Waals surface area contributed by atoms with Crippen LogP contribution in [0.1, 0.15) is 36.5 Å². The highest BCUT2D eigenvalue weighted by molar-refractivity contribution is 9.10. The first-order valence-corrected chi connectivity index (χ1v) is 9.12. The molecule has 0 aromatic heterocycles. The van der Waals surface area contributed by atoms with Crippen molar-refractivity contribution in [2.75, 3.05) is 0 Å². The number of benzene rings is 1. The molecule has 1 saturated carbocycles. The van der Waals surface area contributed by atoms with Crippen LogP contribution in [0.4, 0.5) is 0 Å². The normalized spacial score (nSPS) is 17.3. The SMILES string of the molecule is CC(NS(=O)(=O)c1cc(Br)c(Cl)c(C(=O)O)c1)C1CCC1. The molecule has 5 nitrogen and oxygen atoms in total. The summed E-state index contributed by atoms with van der Waals surface area (Å²) < 4.78 is 27.6. The van der Waals surface area contributed by atoms with Crippen molar-refractivity contribution in [2.45, 2.75) is 37.1 Å². The summed E-state index contributed by atoms with van der Waals surface area (Å²) in [5.41, 5.74) is -0.247. The zero-order valence-corrected chi connectivity index (χ0v) is 14.4. The molecule has 0 aliphatic heterocycles. The van der Waals surface area contributed by atoms with E-state index in [0.29, 0.717) is 5.92 Å². The Labute approximate surface area is 136 Å². The molecule has 8 heteroatoms. The number of nitrogens with one attached hydrogen (secondary N) is 1. The fourth-order valence-corrected chi connectivity index (χ4v) is 4.39. The highest BCUT2D eigenvalue weighted by Gasteiger charge is 2.29. The number of aromatic carboxylic acids is 1. The minimum absolute atomic E-state index is 0.0199. The molecule has 0 bridgehead atoms. The molecule has 1 aromatic carbocycles. The largest absolute Gasteiger partial charge is 0.478 e. The van der Waals surface area contributed by atoms with E-state index in [9.17, 15) is 13.2 Å². The maximum Gasteiger partial charge on any atom is 0.337 e. The van der Waals surface area contributed by atoms with Crippen molar-refractivity contribution in [3.8, 4) is 0 Å². The number of carboxylic acid groups (broad SMARTS) is 1. The molecule has 2 rings (SSSR count). The van der Waals surface area contributed by atoms with Crippen LogP contribution < -0.4 is 4.72 Å². The molecule has 2 N–H and O–H groups in total. The molecule has 1 unspecified atom stereocenters. The van der Waals surface area contributed by atoms with Crippen molar-refractivity contribution < 1.29 is 18.3 Å². The Morgan fingerprint density at radius 3 is 2.57 bits per heavy atom. The first-order chi connectivity index (χ1) is 9.72. The Bertz CT molecular complexity index is 673. The average molecular weight is 397 g/mol. The molecule has 116 valence electrons. The molecular formula is C13H15BrClNO4S. The van der Waals surface area contributed by atoms with Crippen LogP contribution in [-0.2, 0) is 10.0 Å². The maximum atomic E-state index is 12.4. The van der Waals surface area contributed by atoms with E-state index >= 15 is 0 Å². The number of carbonyl (C=O) groups is 1. The molecule has 1 fully saturated rings. The van der Waals surface area contributed by atoms with Crippen LogP contribution >= 0.6 is 27.5 Å². The number of sulfonamides is 1. The Hall–Kier alpha value is -0.630. The van der Waals surface area contributed by atoms with E-state index in [4.69, 9.17) is 16.7 Å². The summed E-state index contributed by atoms with van der Waals surface area (Å²) in [6, 6.07) is 2.21. The third kappa shape index (κ3) is 3.59. The van der Waals surface area contributed by atoms with Gasteiger partial charge in [0, 0.05) is 10.5 Å². The molecule has 0 heterocycles. The van der Waals surface area contributed by atoms with Crippen molar-refractivity contribution in [1.82, 2.24) is 4.72 Å². The summed E-state index contributed by atoms with van der Waals surface area (Å²) in [4.78, 5) is 11.0. The van der Waals surface area contributed by atoms with Gasteiger partial charge in [-0.15, -0.1) is 0 Å². The highest BCUT2D eigenvalue weighted by Crippen LogP contribution is 2.32. The van der Waals surface area contributed by atoms with E-state index in [0.717, 1.165) is 25.3 Å². The molecule has 0 radical (unpaired) electrons. The fourth-order valence-electron chi connectivity index (χ4n) is 2.22. The molecule has 0 spiro atoms. The number of carboxylic acids is 1. The summed E-state index contributed by atoms with van der Waals surface area (Å²) in [7, 11) is -3.78. The van der Waals surface area contributed by atoms with Gasteiger partial charge in [-0.2, -0.15) is 0 Å². The minimum Gasteiger partial charge on any atom is -0.478 e. The van der Waals surface area contributed by atoms with Gasteiger partial charge in [-0.1, -0.05) is 18.0 Å². The van der Waals surface area contributed by atoms with Crippen LogP contribution in [-0.4, -0.2) is 25.5 Å². The van der Waals surface area contributed by atoms with Gasteiger partial charge in [-0.05, 0) is 53.7 Å². The monoisotopic (exact) mass is 395 g/mol. The summed E-state index contributed by atoms with van der Waals surface area (Å²) in [5, 5.41) is 9.06. The second-order valence-electron chi connectivity index (χ2n) is 5.17. The third-order valence-corrected chi connectivity index (χ3v) is 6.54. The van der Waals surface area contributed by atoms with Gasteiger partial charge in [0.15, 0.2) is 0 Å². The number of hydrogen-bond donors (Lipinski definition) is 2. The lowest BCUT2D eigenvalue weighted by atomic mass is 9.81. The van der Waals surface area contributed by atoms with Crippen LogP contribution in [0.3, 0.4) is 0 Å². The quantitative estimate of drug-likeness (QED) is 0.800. The molecule has 1 aromatic rings. The van der Waals surface area contributed by atoms with Gasteiger partial charge >= 0.3 is 5.97 Å². The van der Waals surface area contributed by atoms with Gasteiger partial charge in [-0.3, -0.25) is 0 Å². The van der Waals surface area contributed by atoms with E-state index in [2.05, 4.69) is 20.7 Å². The molecular weight excluding hydrogens is 382 g/mol. The second-order valence-corrected chi connectivity index (χ2v) is 8.12. The van der Waals surface area contributed by atoms with Crippen LogP contribution in [0.2, 0.25) is 5.02 Å². The smallest absolute Gasteiger partial charge is 0.337 e. The van der Waals surface area contributed by atoms with Crippen LogP contribution in [0, 0.1) is 5.92 Å². The molecule has 1 atom stereocenters. The van der Waals surface area contributed by atoms with Crippen LogP contribution in [0.5, 0.6) is 0 Å². The summed E-state index contributed by atoms with van der Waals surface area (Å²) >= 11 is 8.95. The summed E-state index contributed by atoms with van der Waals surface area (Å²) in [6.07, 6.45) is 3.13. The summed E-state index contributed by atoms with van der Waals surface area (Å²) in [5.74, 6) is -0.931. The lowest BCUT2D eigenvalue weighted by Gasteiger charge is -2.31. The third-order valence-electron chi connectivity index (χ3n) is 3.74. The number of hydrogen-bond acceptors (Lipinski definition) is 3. The molecule has 0 saturated heterocycles. The van der Waals surface area contributed by atoms with E-state index in [-0.39, 0.29) is 26.0 Å². The topological polar surface area (TPSA) is 83.5 Å². The average Bonchev–Trinajstić information content (AvgIpc) is 2.28. The zero-order valence-electron chi connectivity index (χ0n) is 11.3. The predicted molar refractivity (Wildman–Crippen MR) is 83.2 cm³/mol. The fraction of sp³-hybridized carbons (Fsp3) is 0.462. The highest BCUT2D eigenvalue weighted by atomic mass is 79.9. The first-order valence-electron chi connectivity index (χ1n) is 6.47. The van der Waals surface area contributed by atoms with Gasteiger partial charge in [0.25, 0.3) is 0 Å². The number of halogens is 2. The van der Waals surface area contributed by atoms with E-state index < -0.39 is 16.0 Å². The van der Waals surface area contributed by atoms with Gasteiger partial charge in [0.05, 0.1) is 15.5 Å². The van der Waals surface area contributed by atoms with E-state index in [1.165, 1.54) is 6.07 Å². The number of rotatable bonds is 5. The van der Waals surface area contributed by atoms with Crippen molar-refractivity contribution in [3.63, 3.8) is 0 Å². The second kappa shape index (κ2) is 6.24. The first kappa shape index (κ1) is 16.7. The molecule has 1 aliphatic carbocycles. The van der Waals surface area contributed by atoms with E-state index in [1.807, 2.05) is 6.92 Å². The zero-order chi connectivity index (χ0) is 15.8. The van der Waals surface area contributed by atoms with Gasteiger partial charge in [0.1, 0.15) is 0 Å². The van der Waals surface area contributed by atoms with Crippen molar-refractivity contribution >= 4 is 43.5 Å². The van der Waals surface area contributed by atoms with Gasteiger partial charge in [0.2, 0.25) is 10.0 Å². The molecule has 1 aliphatic rings. The van der Waals surface area contributed by atoms with Crippen LogP contribution in [0.15, 0.2) is 21.5 Å². The Morgan fingerprint density at radius 2 is 2.10 bits per heavy atom. The van der Waals surface area contributed by atoms with Crippen molar-refractivity contribution in [3.05, 3.63) is 27.2 Å². The maximum absolute atomic E-state index is 12.4. The standard InChI is InChI=1S/C13H15BrClNO4S/c1-7(8-3-2-4-8)16-21(19,20)9-5-10(13(17)18)12(15)11(14)6-9/h5-8,16H,2-4H2,1H3,(H,17,18). The van der Waals surface area contributed by atoms with Crippen molar-refractivity contribution in [1.29, 1.82) is 0 Å². The van der Waals surface area contributed by atoms with Crippen LogP contribution in [0.25, 0.3) is 0 Å². The summed E-state index contributed by atoms with van der Waals surface area (Å²) in [6.45, 7) is 1.82.